The van der Waals surface area contributed by atoms with Crippen molar-refractivity contribution >= 4 is 11.9 Å². The Hall–Kier alpha value is -2.00. The second-order valence-corrected chi connectivity index (χ2v) is 9.71. The van der Waals surface area contributed by atoms with Crippen LogP contribution in [0.25, 0.3) is 0 Å². The van der Waals surface area contributed by atoms with Gasteiger partial charge in [-0.2, -0.15) is 0 Å². The molecule has 4 nitrogen and oxygen atoms in total. The van der Waals surface area contributed by atoms with E-state index >= 15 is 0 Å². The zero-order chi connectivity index (χ0) is 26.4. The topological polar surface area (TPSA) is 80.3 Å². The number of carbonyl (C=O) groups excluding carboxylic acids is 2. The van der Waals surface area contributed by atoms with E-state index in [4.69, 9.17) is 0 Å². The van der Waals surface area contributed by atoms with Gasteiger partial charge in [-0.1, -0.05) is 139 Å². The molecule has 0 aliphatic heterocycles. The van der Waals surface area contributed by atoms with Gasteiger partial charge in [-0.25, -0.2) is 0 Å². The minimum Gasteiger partial charge on any atom is -0.545 e. The van der Waals surface area contributed by atoms with Crippen LogP contribution < -0.4 is 10.2 Å². The number of unbranched alkanes of at least 4 members (excludes halogenated alkanes) is 12. The van der Waals surface area contributed by atoms with Crippen LogP contribution in [0, 0.1) is 0 Å². The van der Waals surface area contributed by atoms with Crippen LogP contribution in [-0.4, -0.2) is 11.9 Å². The minimum absolute atomic E-state index is 0. The molecule has 0 amide bonds. The van der Waals surface area contributed by atoms with E-state index in [9.17, 15) is 19.8 Å². The van der Waals surface area contributed by atoms with Crippen LogP contribution in [0.4, 0.5) is 0 Å². The number of aryl methyl sites for hydroxylation is 2. The summed E-state index contributed by atoms with van der Waals surface area (Å²) >= 11 is 0. The minimum atomic E-state index is -1.10. The molecule has 0 spiro atoms. The third-order valence-corrected chi connectivity index (χ3v) is 6.52. The first kappa shape index (κ1) is 35.0. The van der Waals surface area contributed by atoms with Crippen LogP contribution in [0.5, 0.6) is 0 Å². The van der Waals surface area contributed by atoms with Gasteiger partial charge in [0.05, 0.1) is 11.9 Å². The molecule has 2 rings (SSSR count). The molecule has 0 aliphatic rings. The number of carboxylic acid groups (broad SMARTS) is 2. The van der Waals surface area contributed by atoms with Crippen molar-refractivity contribution in [3.8, 4) is 0 Å². The van der Waals surface area contributed by atoms with Crippen LogP contribution in [0.1, 0.15) is 136 Å². The first-order valence-electron chi connectivity index (χ1n) is 14.1. The van der Waals surface area contributed by atoms with E-state index in [0.717, 1.165) is 12.8 Å². The smallest absolute Gasteiger partial charge is 0.545 e. The maximum atomic E-state index is 10.6. The average Bonchev–Trinajstić information content (AvgIpc) is 2.88. The summed E-state index contributed by atoms with van der Waals surface area (Å²) in [6, 6.07) is 14.1. The van der Waals surface area contributed by atoms with E-state index in [0.29, 0.717) is 0 Å². The van der Waals surface area contributed by atoms with Crippen molar-refractivity contribution in [2.45, 2.75) is 117 Å². The van der Waals surface area contributed by atoms with Gasteiger partial charge in [-0.05, 0) is 47.9 Å². The molecule has 0 bridgehead atoms. The van der Waals surface area contributed by atoms with Crippen molar-refractivity contribution in [2.75, 3.05) is 0 Å². The Labute approximate surface area is 238 Å². The molecule has 5 heteroatoms. The van der Waals surface area contributed by atoms with Gasteiger partial charge in [-0.15, -0.1) is 0 Å². The Morgan fingerprint density at radius 1 is 0.486 bits per heavy atom. The maximum absolute atomic E-state index is 10.6. The van der Waals surface area contributed by atoms with Crippen molar-refractivity contribution in [2.24, 2.45) is 0 Å². The quantitative estimate of drug-likeness (QED) is 0.151. The zero-order valence-electron chi connectivity index (χ0n) is 23.3. The number of rotatable bonds is 18. The first-order chi connectivity index (χ1) is 17.5. The first-order valence-corrected chi connectivity index (χ1v) is 14.1. The van der Waals surface area contributed by atoms with Crippen molar-refractivity contribution in [1.82, 2.24) is 0 Å². The number of carboxylic acids is 2. The molecule has 0 radical (unpaired) electrons. The molecular formula is C32H46O4Zn. The second-order valence-electron chi connectivity index (χ2n) is 9.71. The third-order valence-electron chi connectivity index (χ3n) is 6.52. The molecule has 0 fully saturated rings. The molecule has 2 aromatic rings. The number of hydrogen-bond donors (Lipinski definition) is 0. The number of carbonyl (C=O) groups is 2. The summed E-state index contributed by atoms with van der Waals surface area (Å²) in [5.41, 5.74) is 2.96. The van der Waals surface area contributed by atoms with Gasteiger partial charge < -0.3 is 19.8 Å². The molecule has 0 N–H and O–H groups in total. The van der Waals surface area contributed by atoms with Gasteiger partial charge in [0.25, 0.3) is 0 Å². The molecule has 0 saturated carbocycles. The summed E-state index contributed by atoms with van der Waals surface area (Å²) in [6.45, 7) is 4.46. The third kappa shape index (κ3) is 18.0. The van der Waals surface area contributed by atoms with Crippen molar-refractivity contribution in [3.05, 3.63) is 70.8 Å². The van der Waals surface area contributed by atoms with E-state index in [1.807, 2.05) is 24.3 Å². The molecule has 200 valence electrons. The largest absolute Gasteiger partial charge is 2.00 e. The molecule has 0 atom stereocenters. The Morgan fingerprint density at radius 2 is 0.757 bits per heavy atom. The molecule has 0 unspecified atom stereocenters. The molecule has 0 saturated heterocycles. The molecule has 0 aromatic heterocycles. The summed E-state index contributed by atoms with van der Waals surface area (Å²) < 4.78 is 0. The van der Waals surface area contributed by atoms with E-state index in [1.54, 1.807) is 24.3 Å². The summed E-state index contributed by atoms with van der Waals surface area (Å²) in [7, 11) is 0. The number of aromatic carboxylic acids is 2. The van der Waals surface area contributed by atoms with Gasteiger partial charge in [-0.3, -0.25) is 0 Å². The fraction of sp³-hybridized carbons (Fsp3) is 0.562. The Morgan fingerprint density at radius 3 is 1.03 bits per heavy atom. The van der Waals surface area contributed by atoms with E-state index in [2.05, 4.69) is 13.8 Å². The van der Waals surface area contributed by atoms with Gasteiger partial charge in [0, 0.05) is 0 Å². The fourth-order valence-corrected chi connectivity index (χ4v) is 4.19. The maximum Gasteiger partial charge on any atom is 2.00 e. The van der Waals surface area contributed by atoms with Crippen LogP contribution >= 0.6 is 0 Å². The van der Waals surface area contributed by atoms with Crippen LogP contribution in [0.15, 0.2) is 48.5 Å². The summed E-state index contributed by atoms with van der Waals surface area (Å²) in [5, 5.41) is 21.2. The summed E-state index contributed by atoms with van der Waals surface area (Å²) in [5.74, 6) is -2.20. The monoisotopic (exact) mass is 558 g/mol. The van der Waals surface area contributed by atoms with E-state index in [-0.39, 0.29) is 30.6 Å². The van der Waals surface area contributed by atoms with Crippen LogP contribution in [0.2, 0.25) is 0 Å². The van der Waals surface area contributed by atoms with E-state index in [1.165, 1.54) is 101 Å². The number of hydrogen-bond acceptors (Lipinski definition) is 4. The molecule has 37 heavy (non-hydrogen) atoms. The van der Waals surface area contributed by atoms with Crippen molar-refractivity contribution in [1.29, 1.82) is 0 Å². The Kier molecular flexibility index (Phi) is 21.9. The summed E-state index contributed by atoms with van der Waals surface area (Å²) in [4.78, 5) is 21.2. The number of benzene rings is 2. The van der Waals surface area contributed by atoms with E-state index < -0.39 is 11.9 Å². The van der Waals surface area contributed by atoms with Gasteiger partial charge >= 0.3 is 19.5 Å². The predicted octanol–water partition coefficient (Wildman–Crippen LogP) is 6.68. The normalized spacial score (nSPS) is 10.2. The second kappa shape index (κ2) is 23.1. The molecule has 2 aromatic carbocycles. The van der Waals surface area contributed by atoms with Crippen molar-refractivity contribution in [3.63, 3.8) is 0 Å². The zero-order valence-corrected chi connectivity index (χ0v) is 26.2. The molecule has 0 aliphatic carbocycles. The summed E-state index contributed by atoms with van der Waals surface area (Å²) in [6.07, 6.45) is 20.3. The fourth-order valence-electron chi connectivity index (χ4n) is 4.19. The Bertz CT molecular complexity index is 759. The Balaban J connectivity index is 0.000000682. The SMILES string of the molecule is CCCCCCCCCc1ccc(C(=O)[O-])cc1.CCCCCCCCCc1ccc(C(=O)[O-])cc1.[Zn+2]. The van der Waals surface area contributed by atoms with Gasteiger partial charge in [0.2, 0.25) is 0 Å². The average molecular weight is 560 g/mol. The standard InChI is InChI=1S/2C16H24O2.Zn/c2*1-2-3-4-5-6-7-8-9-14-10-12-15(13-11-14)16(17)18;/h2*10-13H,2-9H2,1H3,(H,17,18);/q;;+2/p-2. The van der Waals surface area contributed by atoms with Crippen molar-refractivity contribution < 1.29 is 39.3 Å². The van der Waals surface area contributed by atoms with Crippen LogP contribution in [0.3, 0.4) is 0 Å². The van der Waals surface area contributed by atoms with Gasteiger partial charge in [0.1, 0.15) is 0 Å². The van der Waals surface area contributed by atoms with Gasteiger partial charge in [0.15, 0.2) is 0 Å². The van der Waals surface area contributed by atoms with Crippen LogP contribution in [-0.2, 0) is 32.3 Å². The molecular weight excluding hydrogens is 514 g/mol. The molecule has 0 heterocycles. The predicted molar refractivity (Wildman–Crippen MR) is 145 cm³/mol.